The van der Waals surface area contributed by atoms with E-state index in [1.807, 2.05) is 6.20 Å². The minimum atomic E-state index is 0.329. The van der Waals surface area contributed by atoms with E-state index in [0.717, 1.165) is 31.2 Å². The predicted molar refractivity (Wildman–Crippen MR) is 89.8 cm³/mol. The fourth-order valence-electron chi connectivity index (χ4n) is 3.14. The highest BCUT2D eigenvalue weighted by Gasteiger charge is 2.20. The van der Waals surface area contributed by atoms with Crippen molar-refractivity contribution in [2.45, 2.75) is 32.7 Å². The Morgan fingerprint density at radius 3 is 2.57 bits per heavy atom. The number of anilines is 1. The summed E-state index contributed by atoms with van der Waals surface area (Å²) >= 11 is 0. The Kier molecular flexibility index (Phi) is 6.00. The van der Waals surface area contributed by atoms with Crippen LogP contribution >= 0.6 is 0 Å². The molecule has 1 aliphatic rings. The van der Waals surface area contributed by atoms with E-state index in [-0.39, 0.29) is 0 Å². The molecular formula is C17H30N4. The van der Waals surface area contributed by atoms with Gasteiger partial charge in [-0.15, -0.1) is 0 Å². The summed E-state index contributed by atoms with van der Waals surface area (Å²) in [5.74, 6) is 0.845. The maximum Gasteiger partial charge on any atom is 0.0572 e. The van der Waals surface area contributed by atoms with Gasteiger partial charge in [-0.1, -0.05) is 6.92 Å². The molecule has 0 spiro atoms. The van der Waals surface area contributed by atoms with E-state index in [1.165, 1.54) is 25.1 Å². The molecule has 0 amide bonds. The van der Waals surface area contributed by atoms with Crippen molar-refractivity contribution in [1.29, 1.82) is 0 Å². The molecule has 0 bridgehead atoms. The van der Waals surface area contributed by atoms with Gasteiger partial charge in [0.2, 0.25) is 0 Å². The van der Waals surface area contributed by atoms with E-state index in [0.29, 0.717) is 6.04 Å². The topological polar surface area (TPSA) is 31.4 Å². The lowest BCUT2D eigenvalue weighted by Gasteiger charge is -2.34. The highest BCUT2D eigenvalue weighted by Crippen LogP contribution is 2.24. The molecule has 0 aliphatic carbocycles. The third-order valence-corrected chi connectivity index (χ3v) is 4.33. The first kappa shape index (κ1) is 16.2. The van der Waals surface area contributed by atoms with Crippen LogP contribution in [0.3, 0.4) is 0 Å². The minimum Gasteiger partial charge on any atom is -0.370 e. The molecule has 1 N–H and O–H groups in total. The molecule has 0 radical (unpaired) electrons. The molecule has 1 aliphatic heterocycles. The van der Waals surface area contributed by atoms with Crippen LogP contribution in [0.1, 0.15) is 38.4 Å². The highest BCUT2D eigenvalue weighted by atomic mass is 15.1. The summed E-state index contributed by atoms with van der Waals surface area (Å²) < 4.78 is 0. The number of nitrogens with one attached hydrogen (secondary N) is 1. The van der Waals surface area contributed by atoms with Crippen LogP contribution in [0.4, 0.5) is 5.69 Å². The van der Waals surface area contributed by atoms with E-state index in [9.17, 15) is 0 Å². The summed E-state index contributed by atoms with van der Waals surface area (Å²) in [6.45, 7) is 8.79. The van der Waals surface area contributed by atoms with E-state index in [1.54, 1.807) is 0 Å². The molecule has 1 unspecified atom stereocenters. The monoisotopic (exact) mass is 290 g/mol. The van der Waals surface area contributed by atoms with Crippen molar-refractivity contribution in [3.63, 3.8) is 0 Å². The number of pyridine rings is 1. The van der Waals surface area contributed by atoms with Crippen LogP contribution in [-0.4, -0.2) is 50.2 Å². The lowest BCUT2D eigenvalue weighted by atomic mass is 9.96. The standard InChI is InChI=1S/C17H30N4/c1-5-18-14(2)17-7-6-16(12-19-17)21-10-8-15(9-11-21)13-20(3)4/h6-7,12,14-15,18H,5,8-11,13H2,1-4H3. The molecule has 4 heteroatoms. The molecule has 1 aromatic rings. The van der Waals surface area contributed by atoms with Gasteiger partial charge >= 0.3 is 0 Å². The third kappa shape index (κ3) is 4.68. The van der Waals surface area contributed by atoms with Crippen molar-refractivity contribution in [3.8, 4) is 0 Å². The smallest absolute Gasteiger partial charge is 0.0572 e. The van der Waals surface area contributed by atoms with Gasteiger partial charge in [-0.25, -0.2) is 0 Å². The molecule has 4 nitrogen and oxygen atoms in total. The van der Waals surface area contributed by atoms with Crippen LogP contribution in [0, 0.1) is 5.92 Å². The molecule has 1 fully saturated rings. The maximum atomic E-state index is 4.63. The summed E-state index contributed by atoms with van der Waals surface area (Å²) in [5.41, 5.74) is 2.40. The number of hydrogen-bond donors (Lipinski definition) is 1. The van der Waals surface area contributed by atoms with Gasteiger partial charge in [-0.05, 0) is 58.5 Å². The molecule has 2 rings (SSSR count). The van der Waals surface area contributed by atoms with E-state index in [2.05, 4.69) is 60.2 Å². The molecule has 1 saturated heterocycles. The summed E-state index contributed by atoms with van der Waals surface area (Å²) in [6, 6.07) is 4.71. The minimum absolute atomic E-state index is 0.329. The van der Waals surface area contributed by atoms with E-state index >= 15 is 0 Å². The molecule has 0 saturated carbocycles. The first-order valence-electron chi connectivity index (χ1n) is 8.19. The molecule has 1 atom stereocenters. The van der Waals surface area contributed by atoms with Crippen molar-refractivity contribution in [1.82, 2.24) is 15.2 Å². The Bertz CT molecular complexity index is 407. The Labute approximate surface area is 129 Å². The van der Waals surface area contributed by atoms with Crippen molar-refractivity contribution in [2.24, 2.45) is 5.92 Å². The number of hydrogen-bond acceptors (Lipinski definition) is 4. The Balaban J connectivity index is 1.89. The van der Waals surface area contributed by atoms with Gasteiger partial charge in [0.05, 0.1) is 17.6 Å². The Morgan fingerprint density at radius 1 is 1.33 bits per heavy atom. The van der Waals surface area contributed by atoms with Gasteiger partial charge in [-0.3, -0.25) is 4.98 Å². The molecule has 21 heavy (non-hydrogen) atoms. The fraction of sp³-hybridized carbons (Fsp3) is 0.706. The van der Waals surface area contributed by atoms with Crippen LogP contribution in [0.25, 0.3) is 0 Å². The van der Waals surface area contributed by atoms with Gasteiger partial charge in [-0.2, -0.15) is 0 Å². The molecule has 118 valence electrons. The predicted octanol–water partition coefficient (Wildman–Crippen LogP) is 2.53. The zero-order chi connectivity index (χ0) is 15.2. The van der Waals surface area contributed by atoms with Crippen LogP contribution < -0.4 is 10.2 Å². The van der Waals surface area contributed by atoms with Crippen molar-refractivity contribution in [3.05, 3.63) is 24.0 Å². The summed E-state index contributed by atoms with van der Waals surface area (Å²) in [5, 5.41) is 3.40. The lowest BCUT2D eigenvalue weighted by molar-refractivity contribution is 0.285. The summed E-state index contributed by atoms with van der Waals surface area (Å²) in [6.07, 6.45) is 4.61. The Hall–Kier alpha value is -1.13. The first-order chi connectivity index (χ1) is 10.1. The molecule has 1 aromatic heterocycles. The maximum absolute atomic E-state index is 4.63. The Morgan fingerprint density at radius 2 is 2.05 bits per heavy atom. The van der Waals surface area contributed by atoms with Crippen LogP contribution in [0.5, 0.6) is 0 Å². The number of nitrogens with zero attached hydrogens (tertiary/aromatic N) is 3. The SMILES string of the molecule is CCNC(C)c1ccc(N2CCC(CN(C)C)CC2)cn1. The summed E-state index contributed by atoms with van der Waals surface area (Å²) in [4.78, 5) is 9.40. The molecule has 2 heterocycles. The van der Waals surface area contributed by atoms with Crippen LogP contribution in [0.15, 0.2) is 18.3 Å². The normalized spacial score (nSPS) is 18.2. The van der Waals surface area contributed by atoms with Crippen molar-refractivity contribution >= 4 is 5.69 Å². The van der Waals surface area contributed by atoms with Gasteiger partial charge in [0, 0.05) is 25.7 Å². The zero-order valence-electron chi connectivity index (χ0n) is 14.0. The number of piperidine rings is 1. The summed E-state index contributed by atoms with van der Waals surface area (Å²) in [7, 11) is 4.33. The van der Waals surface area contributed by atoms with Crippen LogP contribution in [-0.2, 0) is 0 Å². The third-order valence-electron chi connectivity index (χ3n) is 4.33. The number of rotatable bonds is 6. The second-order valence-corrected chi connectivity index (χ2v) is 6.41. The van der Waals surface area contributed by atoms with E-state index in [4.69, 9.17) is 0 Å². The number of aromatic nitrogens is 1. The molecular weight excluding hydrogens is 260 g/mol. The second kappa shape index (κ2) is 7.76. The van der Waals surface area contributed by atoms with Gasteiger partial charge in [0.25, 0.3) is 0 Å². The van der Waals surface area contributed by atoms with Crippen molar-refractivity contribution < 1.29 is 0 Å². The fourth-order valence-corrected chi connectivity index (χ4v) is 3.14. The quantitative estimate of drug-likeness (QED) is 0.872. The second-order valence-electron chi connectivity index (χ2n) is 6.41. The largest absolute Gasteiger partial charge is 0.370 e. The highest BCUT2D eigenvalue weighted by molar-refractivity contribution is 5.45. The molecule has 0 aromatic carbocycles. The average molecular weight is 290 g/mol. The van der Waals surface area contributed by atoms with E-state index < -0.39 is 0 Å². The van der Waals surface area contributed by atoms with Gasteiger partial charge in [0.15, 0.2) is 0 Å². The first-order valence-corrected chi connectivity index (χ1v) is 8.19. The van der Waals surface area contributed by atoms with Crippen LogP contribution in [0.2, 0.25) is 0 Å². The van der Waals surface area contributed by atoms with Gasteiger partial charge < -0.3 is 15.1 Å². The lowest BCUT2D eigenvalue weighted by Crippen LogP contribution is -2.37. The van der Waals surface area contributed by atoms with Gasteiger partial charge in [0.1, 0.15) is 0 Å². The zero-order valence-corrected chi connectivity index (χ0v) is 14.0. The average Bonchev–Trinajstić information content (AvgIpc) is 2.48. The van der Waals surface area contributed by atoms with Crippen molar-refractivity contribution in [2.75, 3.05) is 45.2 Å².